The number of nitrogens with one attached hydrogen (secondary N) is 1. The topological polar surface area (TPSA) is 73.6 Å². The number of amides is 1. The van der Waals surface area contributed by atoms with Crippen molar-refractivity contribution < 1.29 is 14.3 Å². The van der Waals surface area contributed by atoms with Crippen LogP contribution in [0.25, 0.3) is 0 Å². The molecule has 0 saturated heterocycles. The van der Waals surface area contributed by atoms with Gasteiger partial charge in [-0.3, -0.25) is 4.79 Å². The summed E-state index contributed by atoms with van der Waals surface area (Å²) in [6.45, 7) is 2.43. The third-order valence-corrected chi connectivity index (χ3v) is 2.50. The van der Waals surface area contributed by atoms with Gasteiger partial charge < -0.3 is 20.5 Å². The standard InChI is InChI=1S/C13H20N2O3/c1-3-10(8-17-2)15-13(16)9-18-12-7-5-4-6-11(12)14/h4-7,10H,3,8-9,14H2,1-2H3,(H,15,16). The Hall–Kier alpha value is -1.75. The number of hydrogen-bond acceptors (Lipinski definition) is 4. The predicted molar refractivity (Wildman–Crippen MR) is 70.4 cm³/mol. The molecule has 0 fully saturated rings. The van der Waals surface area contributed by atoms with Gasteiger partial charge in [0, 0.05) is 7.11 Å². The molecule has 1 aromatic rings. The lowest BCUT2D eigenvalue weighted by atomic mass is 10.2. The largest absolute Gasteiger partial charge is 0.482 e. The first kappa shape index (κ1) is 14.3. The smallest absolute Gasteiger partial charge is 0.258 e. The highest BCUT2D eigenvalue weighted by Crippen LogP contribution is 2.19. The second kappa shape index (κ2) is 7.55. The molecule has 0 saturated carbocycles. The van der Waals surface area contributed by atoms with E-state index in [1.54, 1.807) is 19.2 Å². The number of ether oxygens (including phenoxy) is 2. The van der Waals surface area contributed by atoms with E-state index in [4.69, 9.17) is 15.2 Å². The lowest BCUT2D eigenvalue weighted by Crippen LogP contribution is -2.40. The van der Waals surface area contributed by atoms with Crippen molar-refractivity contribution in [2.75, 3.05) is 26.1 Å². The normalized spacial score (nSPS) is 11.9. The van der Waals surface area contributed by atoms with Crippen LogP contribution < -0.4 is 15.8 Å². The molecule has 0 aliphatic carbocycles. The van der Waals surface area contributed by atoms with Crippen LogP contribution in [0.3, 0.4) is 0 Å². The summed E-state index contributed by atoms with van der Waals surface area (Å²) < 4.78 is 10.3. The second-order valence-electron chi connectivity index (χ2n) is 3.95. The molecule has 1 rings (SSSR count). The molecule has 100 valence electrons. The third-order valence-electron chi connectivity index (χ3n) is 2.50. The SMILES string of the molecule is CCC(COC)NC(=O)COc1ccccc1N. The summed E-state index contributed by atoms with van der Waals surface area (Å²) in [6, 6.07) is 7.10. The van der Waals surface area contributed by atoms with Crippen LogP contribution in [0.2, 0.25) is 0 Å². The average molecular weight is 252 g/mol. The number of benzene rings is 1. The first-order chi connectivity index (χ1) is 8.67. The van der Waals surface area contributed by atoms with E-state index in [0.29, 0.717) is 18.0 Å². The van der Waals surface area contributed by atoms with Gasteiger partial charge in [-0.25, -0.2) is 0 Å². The average Bonchev–Trinajstić information content (AvgIpc) is 2.37. The number of anilines is 1. The number of carbonyl (C=O) groups is 1. The second-order valence-corrected chi connectivity index (χ2v) is 3.95. The van der Waals surface area contributed by atoms with Crippen molar-refractivity contribution in [3.05, 3.63) is 24.3 Å². The van der Waals surface area contributed by atoms with Crippen LogP contribution in [0.15, 0.2) is 24.3 Å². The zero-order valence-electron chi connectivity index (χ0n) is 10.8. The molecule has 1 amide bonds. The van der Waals surface area contributed by atoms with Crippen molar-refractivity contribution in [3.8, 4) is 5.75 Å². The maximum atomic E-state index is 11.6. The molecule has 0 bridgehead atoms. The summed E-state index contributed by atoms with van der Waals surface area (Å²) in [6.07, 6.45) is 0.813. The summed E-state index contributed by atoms with van der Waals surface area (Å²) >= 11 is 0. The van der Waals surface area contributed by atoms with Gasteiger partial charge in [0.05, 0.1) is 18.3 Å². The van der Waals surface area contributed by atoms with Gasteiger partial charge in [0.2, 0.25) is 0 Å². The number of rotatable bonds is 7. The monoisotopic (exact) mass is 252 g/mol. The highest BCUT2D eigenvalue weighted by Gasteiger charge is 2.10. The first-order valence-electron chi connectivity index (χ1n) is 5.93. The van der Waals surface area contributed by atoms with E-state index in [1.165, 1.54) is 0 Å². The van der Waals surface area contributed by atoms with Crippen LogP contribution in [-0.2, 0) is 9.53 Å². The Kier molecular flexibility index (Phi) is 6.00. The molecule has 0 spiro atoms. The van der Waals surface area contributed by atoms with Gasteiger partial charge >= 0.3 is 0 Å². The van der Waals surface area contributed by atoms with Crippen LogP contribution in [0.5, 0.6) is 5.75 Å². The lowest BCUT2D eigenvalue weighted by molar-refractivity contribution is -0.124. The lowest BCUT2D eigenvalue weighted by Gasteiger charge is -2.16. The molecule has 1 unspecified atom stereocenters. The molecule has 0 aliphatic rings. The van der Waals surface area contributed by atoms with Crippen molar-refractivity contribution in [2.24, 2.45) is 0 Å². The van der Waals surface area contributed by atoms with Gasteiger partial charge in [0.15, 0.2) is 6.61 Å². The molecule has 5 heteroatoms. The summed E-state index contributed by atoms with van der Waals surface area (Å²) in [5, 5.41) is 2.83. The molecule has 1 atom stereocenters. The zero-order valence-corrected chi connectivity index (χ0v) is 10.8. The van der Waals surface area contributed by atoms with Crippen molar-refractivity contribution in [2.45, 2.75) is 19.4 Å². The van der Waals surface area contributed by atoms with E-state index in [2.05, 4.69) is 5.32 Å². The van der Waals surface area contributed by atoms with Gasteiger partial charge in [0.1, 0.15) is 5.75 Å². The van der Waals surface area contributed by atoms with Crippen LogP contribution in [0, 0.1) is 0 Å². The molecule has 0 aliphatic heterocycles. The van der Waals surface area contributed by atoms with E-state index < -0.39 is 0 Å². The molecule has 1 aromatic carbocycles. The quantitative estimate of drug-likeness (QED) is 0.715. The number of carbonyl (C=O) groups excluding carboxylic acids is 1. The Morgan fingerprint density at radius 3 is 2.78 bits per heavy atom. The minimum Gasteiger partial charge on any atom is -0.482 e. The van der Waals surface area contributed by atoms with Gasteiger partial charge in [-0.15, -0.1) is 0 Å². The fourth-order valence-electron chi connectivity index (χ4n) is 1.49. The fraction of sp³-hybridized carbons (Fsp3) is 0.462. The number of hydrogen-bond donors (Lipinski definition) is 2. The minimum absolute atomic E-state index is 0.0132. The van der Waals surface area contributed by atoms with Gasteiger partial charge in [-0.2, -0.15) is 0 Å². The number of nitrogens with two attached hydrogens (primary N) is 1. The molecule has 3 N–H and O–H groups in total. The first-order valence-corrected chi connectivity index (χ1v) is 5.93. The van der Waals surface area contributed by atoms with Gasteiger partial charge in [0.25, 0.3) is 5.91 Å². The fourth-order valence-corrected chi connectivity index (χ4v) is 1.49. The van der Waals surface area contributed by atoms with E-state index in [9.17, 15) is 4.79 Å². The van der Waals surface area contributed by atoms with Crippen LogP contribution >= 0.6 is 0 Å². The van der Waals surface area contributed by atoms with E-state index >= 15 is 0 Å². The van der Waals surface area contributed by atoms with Crippen molar-refractivity contribution in [1.29, 1.82) is 0 Å². The van der Waals surface area contributed by atoms with Crippen LogP contribution in [-0.4, -0.2) is 32.3 Å². The molecule has 18 heavy (non-hydrogen) atoms. The molecular formula is C13H20N2O3. The Bertz CT molecular complexity index is 382. The number of methoxy groups -OCH3 is 1. The Balaban J connectivity index is 2.39. The number of nitrogen functional groups attached to an aromatic ring is 1. The molecule has 5 nitrogen and oxygen atoms in total. The summed E-state index contributed by atoms with van der Waals surface area (Å²) in [7, 11) is 1.61. The summed E-state index contributed by atoms with van der Waals surface area (Å²) in [5.41, 5.74) is 6.23. The Labute approximate surface area is 107 Å². The maximum Gasteiger partial charge on any atom is 0.258 e. The molecule has 0 heterocycles. The van der Waals surface area contributed by atoms with Gasteiger partial charge in [-0.1, -0.05) is 19.1 Å². The van der Waals surface area contributed by atoms with E-state index in [-0.39, 0.29) is 18.6 Å². The van der Waals surface area contributed by atoms with E-state index in [0.717, 1.165) is 6.42 Å². The number of para-hydroxylation sites is 2. The van der Waals surface area contributed by atoms with Crippen LogP contribution in [0.1, 0.15) is 13.3 Å². The summed E-state index contributed by atoms with van der Waals surface area (Å²) in [4.78, 5) is 11.6. The van der Waals surface area contributed by atoms with E-state index in [1.807, 2.05) is 19.1 Å². The molecular weight excluding hydrogens is 232 g/mol. The van der Waals surface area contributed by atoms with Crippen LogP contribution in [0.4, 0.5) is 5.69 Å². The highest BCUT2D eigenvalue weighted by atomic mass is 16.5. The molecule has 0 aromatic heterocycles. The Morgan fingerprint density at radius 1 is 1.44 bits per heavy atom. The predicted octanol–water partition coefficient (Wildman–Crippen LogP) is 1.19. The zero-order chi connectivity index (χ0) is 13.4. The maximum absolute atomic E-state index is 11.6. The Morgan fingerprint density at radius 2 is 2.17 bits per heavy atom. The van der Waals surface area contributed by atoms with Crippen molar-refractivity contribution in [3.63, 3.8) is 0 Å². The summed E-state index contributed by atoms with van der Waals surface area (Å²) in [5.74, 6) is 0.342. The highest BCUT2D eigenvalue weighted by molar-refractivity contribution is 5.78. The van der Waals surface area contributed by atoms with Crippen molar-refractivity contribution >= 4 is 11.6 Å². The third kappa shape index (κ3) is 4.63. The molecule has 0 radical (unpaired) electrons. The van der Waals surface area contributed by atoms with Crippen molar-refractivity contribution in [1.82, 2.24) is 5.32 Å². The van der Waals surface area contributed by atoms with Gasteiger partial charge in [-0.05, 0) is 18.6 Å². The minimum atomic E-state index is -0.179.